The van der Waals surface area contributed by atoms with Gasteiger partial charge in [0.15, 0.2) is 5.82 Å². The highest BCUT2D eigenvalue weighted by Gasteiger charge is 2.21. The number of benzene rings is 2. The van der Waals surface area contributed by atoms with Gasteiger partial charge in [-0.1, -0.05) is 47.1 Å². The van der Waals surface area contributed by atoms with Crippen LogP contribution in [0.3, 0.4) is 0 Å². The van der Waals surface area contributed by atoms with E-state index in [-0.39, 0.29) is 10.9 Å². The number of carbonyl (C=O) groups is 1. The lowest BCUT2D eigenvalue weighted by atomic mass is 10.2. The summed E-state index contributed by atoms with van der Waals surface area (Å²) < 4.78 is 14.4. The van der Waals surface area contributed by atoms with Crippen molar-refractivity contribution in [2.45, 2.75) is 17.3 Å². The highest BCUT2D eigenvalue weighted by atomic mass is 35.5. The summed E-state index contributed by atoms with van der Waals surface area (Å²) in [5.74, 6) is 5.67. The van der Waals surface area contributed by atoms with Crippen LogP contribution in [0.4, 0.5) is 10.1 Å². The number of rotatable bonds is 5. The van der Waals surface area contributed by atoms with E-state index in [0.717, 1.165) is 17.8 Å². The third-order valence-corrected chi connectivity index (χ3v) is 5.19. The van der Waals surface area contributed by atoms with Gasteiger partial charge in [0, 0.05) is 10.6 Å². The predicted molar refractivity (Wildman–Crippen MR) is 106 cm³/mol. The van der Waals surface area contributed by atoms with E-state index in [9.17, 15) is 9.18 Å². The van der Waals surface area contributed by atoms with E-state index >= 15 is 0 Å². The Morgan fingerprint density at radius 3 is 2.74 bits per heavy atom. The minimum Gasteiger partial charge on any atom is -0.335 e. The second kappa shape index (κ2) is 8.16. The zero-order valence-electron chi connectivity index (χ0n) is 14.0. The standard InChI is InChI=1S/C17H14Cl2FN5OS/c1-9(16(26)22-14-6-5-12(20)8-13(14)19)27-17-24-23-15(25(17)21)10-3-2-4-11(18)7-10/h2-9H,21H2,1H3,(H,22,26)/t9-/m1/s1. The first-order valence-electron chi connectivity index (χ1n) is 7.74. The molecule has 10 heteroatoms. The molecule has 0 bridgehead atoms. The van der Waals surface area contributed by atoms with Crippen LogP contribution in [-0.2, 0) is 4.79 Å². The van der Waals surface area contributed by atoms with Crippen LogP contribution >= 0.6 is 35.0 Å². The van der Waals surface area contributed by atoms with Gasteiger partial charge in [-0.2, -0.15) is 0 Å². The fraction of sp³-hybridized carbons (Fsp3) is 0.118. The van der Waals surface area contributed by atoms with Crippen molar-refractivity contribution in [1.29, 1.82) is 0 Å². The molecular formula is C17H14Cl2FN5OS. The predicted octanol–water partition coefficient (Wildman–Crippen LogP) is 4.22. The molecule has 0 aliphatic rings. The average molecular weight is 426 g/mol. The summed E-state index contributed by atoms with van der Waals surface area (Å²) in [6.07, 6.45) is 0. The number of hydrogen-bond acceptors (Lipinski definition) is 5. The Labute approximate surface area is 168 Å². The number of thioether (sulfide) groups is 1. The lowest BCUT2D eigenvalue weighted by Gasteiger charge is -2.12. The molecule has 0 aliphatic heterocycles. The largest absolute Gasteiger partial charge is 0.335 e. The topological polar surface area (TPSA) is 85.8 Å². The first kappa shape index (κ1) is 19.5. The minimum absolute atomic E-state index is 0.116. The molecule has 1 amide bonds. The maximum Gasteiger partial charge on any atom is 0.237 e. The summed E-state index contributed by atoms with van der Waals surface area (Å²) in [4.78, 5) is 12.4. The fourth-order valence-electron chi connectivity index (χ4n) is 2.22. The first-order chi connectivity index (χ1) is 12.8. The molecule has 1 aromatic heterocycles. The number of nitrogens with two attached hydrogens (primary N) is 1. The van der Waals surface area contributed by atoms with Gasteiger partial charge in [0.2, 0.25) is 11.1 Å². The lowest BCUT2D eigenvalue weighted by Crippen LogP contribution is -2.23. The van der Waals surface area contributed by atoms with Crippen LogP contribution in [0.5, 0.6) is 0 Å². The van der Waals surface area contributed by atoms with Gasteiger partial charge in [-0.05, 0) is 37.3 Å². The number of halogens is 3. The molecule has 6 nitrogen and oxygen atoms in total. The van der Waals surface area contributed by atoms with Crippen LogP contribution < -0.4 is 11.2 Å². The molecule has 3 aromatic rings. The number of nitrogens with zero attached hydrogens (tertiary/aromatic N) is 3. The molecule has 0 fully saturated rings. The fourth-order valence-corrected chi connectivity index (χ4v) is 3.39. The second-order valence-corrected chi connectivity index (χ2v) is 7.71. The van der Waals surface area contributed by atoms with Gasteiger partial charge in [-0.25, -0.2) is 9.07 Å². The van der Waals surface area contributed by atoms with Gasteiger partial charge >= 0.3 is 0 Å². The van der Waals surface area contributed by atoms with Crippen molar-refractivity contribution in [1.82, 2.24) is 14.9 Å². The Balaban J connectivity index is 1.72. The average Bonchev–Trinajstić information content (AvgIpc) is 2.98. The van der Waals surface area contributed by atoms with Crippen molar-refractivity contribution < 1.29 is 9.18 Å². The minimum atomic E-state index is -0.551. The molecule has 27 heavy (non-hydrogen) atoms. The Kier molecular flexibility index (Phi) is 5.88. The molecule has 2 aromatic carbocycles. The molecule has 0 saturated heterocycles. The van der Waals surface area contributed by atoms with E-state index in [4.69, 9.17) is 29.0 Å². The van der Waals surface area contributed by atoms with Gasteiger partial charge in [0.25, 0.3) is 0 Å². The van der Waals surface area contributed by atoms with E-state index < -0.39 is 11.1 Å². The number of hydrogen-bond donors (Lipinski definition) is 2. The third kappa shape index (κ3) is 4.52. The highest BCUT2D eigenvalue weighted by Crippen LogP contribution is 2.28. The second-order valence-electron chi connectivity index (χ2n) is 5.56. The summed E-state index contributed by atoms with van der Waals surface area (Å²) in [6.45, 7) is 1.69. The molecule has 1 heterocycles. The number of aromatic nitrogens is 3. The van der Waals surface area contributed by atoms with E-state index in [1.807, 2.05) is 0 Å². The summed E-state index contributed by atoms with van der Waals surface area (Å²) in [7, 11) is 0. The van der Waals surface area contributed by atoms with Crippen molar-refractivity contribution in [2.75, 3.05) is 11.2 Å². The van der Waals surface area contributed by atoms with Crippen molar-refractivity contribution >= 4 is 46.6 Å². The van der Waals surface area contributed by atoms with E-state index in [1.54, 1.807) is 31.2 Å². The highest BCUT2D eigenvalue weighted by molar-refractivity contribution is 8.00. The Morgan fingerprint density at radius 1 is 1.26 bits per heavy atom. The maximum atomic E-state index is 13.1. The van der Waals surface area contributed by atoms with Gasteiger partial charge in [0.05, 0.1) is 16.0 Å². The maximum absolute atomic E-state index is 13.1. The summed E-state index contributed by atoms with van der Waals surface area (Å²) in [5.41, 5.74) is 1.03. The lowest BCUT2D eigenvalue weighted by molar-refractivity contribution is -0.115. The number of nitrogens with one attached hydrogen (secondary N) is 1. The van der Waals surface area contributed by atoms with Crippen LogP contribution in [0.25, 0.3) is 11.4 Å². The molecule has 3 N–H and O–H groups in total. The van der Waals surface area contributed by atoms with Crippen molar-refractivity contribution in [3.63, 3.8) is 0 Å². The number of nitrogen functional groups attached to an aromatic ring is 1. The first-order valence-corrected chi connectivity index (χ1v) is 9.37. The van der Waals surface area contributed by atoms with Crippen LogP contribution in [0.2, 0.25) is 10.0 Å². The number of carbonyl (C=O) groups excluding carboxylic acids is 1. The van der Waals surface area contributed by atoms with Crippen molar-refractivity contribution in [3.05, 3.63) is 58.3 Å². The normalized spacial score (nSPS) is 12.0. The Hall–Kier alpha value is -2.29. The van der Waals surface area contributed by atoms with Gasteiger partial charge < -0.3 is 11.2 Å². The zero-order valence-corrected chi connectivity index (χ0v) is 16.3. The molecular weight excluding hydrogens is 412 g/mol. The summed E-state index contributed by atoms with van der Waals surface area (Å²) >= 11 is 13.0. The molecule has 3 rings (SSSR count). The summed E-state index contributed by atoms with van der Waals surface area (Å²) in [5, 5.41) is 11.2. The monoisotopic (exact) mass is 425 g/mol. The number of anilines is 1. The van der Waals surface area contributed by atoms with Gasteiger partial charge in [-0.15, -0.1) is 10.2 Å². The van der Waals surface area contributed by atoms with Crippen LogP contribution in [-0.4, -0.2) is 26.0 Å². The molecule has 0 aliphatic carbocycles. The summed E-state index contributed by atoms with van der Waals surface area (Å²) in [6, 6.07) is 10.8. The van der Waals surface area contributed by atoms with Gasteiger partial charge in [0.1, 0.15) is 5.82 Å². The molecule has 0 saturated carbocycles. The number of amides is 1. The van der Waals surface area contributed by atoms with Crippen LogP contribution in [0.1, 0.15) is 6.92 Å². The van der Waals surface area contributed by atoms with E-state index in [1.165, 1.54) is 16.8 Å². The molecule has 0 radical (unpaired) electrons. The molecule has 1 atom stereocenters. The molecule has 0 unspecified atom stereocenters. The van der Waals surface area contributed by atoms with Crippen molar-refractivity contribution in [3.8, 4) is 11.4 Å². The van der Waals surface area contributed by atoms with Gasteiger partial charge in [-0.3, -0.25) is 4.79 Å². The molecule has 140 valence electrons. The quantitative estimate of drug-likeness (QED) is 0.471. The Morgan fingerprint density at radius 2 is 2.04 bits per heavy atom. The smallest absolute Gasteiger partial charge is 0.237 e. The Bertz CT molecular complexity index is 997. The zero-order chi connectivity index (χ0) is 19.6. The van der Waals surface area contributed by atoms with Crippen LogP contribution in [0.15, 0.2) is 47.6 Å². The SMILES string of the molecule is C[C@@H](Sc1nnc(-c2cccc(Cl)c2)n1N)C(=O)Nc1ccc(F)cc1Cl. The van der Waals surface area contributed by atoms with E-state index in [2.05, 4.69) is 15.5 Å². The van der Waals surface area contributed by atoms with Crippen molar-refractivity contribution in [2.24, 2.45) is 0 Å². The third-order valence-electron chi connectivity index (χ3n) is 3.59. The van der Waals surface area contributed by atoms with E-state index in [0.29, 0.717) is 27.3 Å². The van der Waals surface area contributed by atoms with Crippen LogP contribution in [0, 0.1) is 5.82 Å². The molecule has 0 spiro atoms.